The van der Waals surface area contributed by atoms with E-state index < -0.39 is 0 Å². The van der Waals surface area contributed by atoms with Crippen molar-refractivity contribution in [1.29, 1.82) is 0 Å². The van der Waals surface area contributed by atoms with Crippen molar-refractivity contribution in [2.45, 2.75) is 32.3 Å². The van der Waals surface area contributed by atoms with Crippen LogP contribution in [0.5, 0.6) is 0 Å². The Kier molecular flexibility index (Phi) is 3.72. The van der Waals surface area contributed by atoms with Crippen LogP contribution in [-0.2, 0) is 9.53 Å². The maximum absolute atomic E-state index is 11.6. The monoisotopic (exact) mass is 185 g/mol. The van der Waals surface area contributed by atoms with E-state index in [1.54, 1.807) is 4.90 Å². The molecule has 0 aromatic heterocycles. The summed E-state index contributed by atoms with van der Waals surface area (Å²) in [5.41, 5.74) is 0. The topological polar surface area (TPSA) is 29.5 Å². The molecule has 2 unspecified atom stereocenters. The predicted octanol–water partition coefficient (Wildman–Crippen LogP) is 1.28. The third-order valence-electron chi connectivity index (χ3n) is 2.61. The standard InChI is InChI=1S/C10H19NO2/c1-4-9-7-8(5-6-13-9)10(12)11(2)3/h8-9H,4-7H2,1-3H3. The second-order valence-corrected chi connectivity index (χ2v) is 3.86. The van der Waals surface area contributed by atoms with E-state index in [1.807, 2.05) is 14.1 Å². The van der Waals surface area contributed by atoms with Crippen molar-refractivity contribution in [3.05, 3.63) is 0 Å². The minimum atomic E-state index is 0.189. The second kappa shape index (κ2) is 4.61. The van der Waals surface area contributed by atoms with E-state index in [4.69, 9.17) is 4.74 Å². The minimum absolute atomic E-state index is 0.189. The summed E-state index contributed by atoms with van der Waals surface area (Å²) in [4.78, 5) is 13.3. The lowest BCUT2D eigenvalue weighted by Gasteiger charge is -2.29. The van der Waals surface area contributed by atoms with Gasteiger partial charge in [-0.2, -0.15) is 0 Å². The SMILES string of the molecule is CCC1CC(C(=O)N(C)C)CCO1. The first-order valence-electron chi connectivity index (χ1n) is 4.98. The van der Waals surface area contributed by atoms with E-state index in [1.165, 1.54) is 0 Å². The number of hydrogen-bond acceptors (Lipinski definition) is 2. The second-order valence-electron chi connectivity index (χ2n) is 3.86. The highest BCUT2D eigenvalue weighted by molar-refractivity contribution is 5.78. The summed E-state index contributed by atoms with van der Waals surface area (Å²) in [7, 11) is 3.64. The molecule has 0 radical (unpaired) electrons. The molecule has 2 atom stereocenters. The maximum Gasteiger partial charge on any atom is 0.225 e. The molecule has 13 heavy (non-hydrogen) atoms. The van der Waals surface area contributed by atoms with Gasteiger partial charge >= 0.3 is 0 Å². The number of carbonyl (C=O) groups is 1. The summed E-state index contributed by atoms with van der Waals surface area (Å²) in [6.45, 7) is 2.84. The zero-order chi connectivity index (χ0) is 9.84. The molecule has 3 heteroatoms. The fourth-order valence-electron chi connectivity index (χ4n) is 1.75. The molecule has 1 rings (SSSR count). The van der Waals surface area contributed by atoms with Gasteiger partial charge in [-0.15, -0.1) is 0 Å². The van der Waals surface area contributed by atoms with Gasteiger partial charge in [0.2, 0.25) is 5.91 Å². The van der Waals surface area contributed by atoms with Crippen LogP contribution in [-0.4, -0.2) is 37.6 Å². The largest absolute Gasteiger partial charge is 0.378 e. The van der Waals surface area contributed by atoms with E-state index in [0.717, 1.165) is 25.9 Å². The Morgan fingerprint density at radius 1 is 1.54 bits per heavy atom. The third-order valence-corrected chi connectivity index (χ3v) is 2.61. The first-order valence-corrected chi connectivity index (χ1v) is 4.98. The molecule has 1 amide bonds. The van der Waals surface area contributed by atoms with Crippen molar-refractivity contribution >= 4 is 5.91 Å². The Morgan fingerprint density at radius 2 is 2.23 bits per heavy atom. The third kappa shape index (κ3) is 2.69. The Hall–Kier alpha value is -0.570. The van der Waals surface area contributed by atoms with Crippen LogP contribution in [0.1, 0.15) is 26.2 Å². The van der Waals surface area contributed by atoms with Crippen molar-refractivity contribution < 1.29 is 9.53 Å². The summed E-state index contributed by atoms with van der Waals surface area (Å²) in [5.74, 6) is 0.440. The highest BCUT2D eigenvalue weighted by Gasteiger charge is 2.27. The molecule has 0 aromatic carbocycles. The van der Waals surface area contributed by atoms with Crippen LogP contribution in [0.3, 0.4) is 0 Å². The van der Waals surface area contributed by atoms with Crippen LogP contribution in [0, 0.1) is 5.92 Å². The molecule has 1 heterocycles. The molecule has 0 N–H and O–H groups in total. The summed E-state index contributed by atoms with van der Waals surface area (Å²) in [6, 6.07) is 0. The van der Waals surface area contributed by atoms with E-state index in [0.29, 0.717) is 6.10 Å². The highest BCUT2D eigenvalue weighted by Crippen LogP contribution is 2.23. The molecule has 1 fully saturated rings. The zero-order valence-corrected chi connectivity index (χ0v) is 8.75. The van der Waals surface area contributed by atoms with Crippen LogP contribution >= 0.6 is 0 Å². The normalized spacial score (nSPS) is 28.5. The number of amides is 1. The first-order chi connectivity index (χ1) is 6.15. The zero-order valence-electron chi connectivity index (χ0n) is 8.75. The quantitative estimate of drug-likeness (QED) is 0.648. The number of rotatable bonds is 2. The molecule has 3 nitrogen and oxygen atoms in total. The van der Waals surface area contributed by atoms with Gasteiger partial charge in [-0.1, -0.05) is 6.92 Å². The average molecular weight is 185 g/mol. The molecule has 0 saturated carbocycles. The molecule has 1 aliphatic heterocycles. The van der Waals surface area contributed by atoms with Gasteiger partial charge in [0.15, 0.2) is 0 Å². The molecule has 0 bridgehead atoms. The molecular weight excluding hydrogens is 166 g/mol. The van der Waals surface area contributed by atoms with Crippen molar-refractivity contribution in [2.75, 3.05) is 20.7 Å². The van der Waals surface area contributed by atoms with E-state index in [-0.39, 0.29) is 11.8 Å². The van der Waals surface area contributed by atoms with Crippen molar-refractivity contribution in [1.82, 2.24) is 4.90 Å². The number of carbonyl (C=O) groups excluding carboxylic acids is 1. The van der Waals surface area contributed by atoms with E-state index >= 15 is 0 Å². The molecule has 0 aromatic rings. The molecule has 76 valence electrons. The van der Waals surface area contributed by atoms with Crippen LogP contribution in [0.2, 0.25) is 0 Å². The fourth-order valence-corrected chi connectivity index (χ4v) is 1.75. The Balaban J connectivity index is 2.46. The van der Waals surface area contributed by atoms with Gasteiger partial charge in [0.1, 0.15) is 0 Å². The average Bonchev–Trinajstić information content (AvgIpc) is 2.16. The number of hydrogen-bond donors (Lipinski definition) is 0. The number of nitrogens with zero attached hydrogens (tertiary/aromatic N) is 1. The lowest BCUT2D eigenvalue weighted by atomic mass is 9.93. The van der Waals surface area contributed by atoms with Crippen LogP contribution < -0.4 is 0 Å². The first kappa shape index (κ1) is 10.5. The summed E-state index contributed by atoms with van der Waals surface area (Å²) < 4.78 is 5.52. The van der Waals surface area contributed by atoms with Gasteiger partial charge in [-0.3, -0.25) is 4.79 Å². The van der Waals surface area contributed by atoms with Gasteiger partial charge < -0.3 is 9.64 Å². The predicted molar refractivity (Wildman–Crippen MR) is 51.4 cm³/mol. The van der Waals surface area contributed by atoms with Gasteiger partial charge in [-0.05, 0) is 19.3 Å². The summed E-state index contributed by atoms with van der Waals surface area (Å²) in [6.07, 6.45) is 3.08. The molecule has 1 aliphatic rings. The highest BCUT2D eigenvalue weighted by atomic mass is 16.5. The van der Waals surface area contributed by atoms with Crippen molar-refractivity contribution in [3.63, 3.8) is 0 Å². The lowest BCUT2D eigenvalue weighted by molar-refractivity contribution is -0.138. The van der Waals surface area contributed by atoms with E-state index in [2.05, 4.69) is 6.92 Å². The summed E-state index contributed by atoms with van der Waals surface area (Å²) in [5, 5.41) is 0. The Bertz CT molecular complexity index is 180. The van der Waals surface area contributed by atoms with Gasteiger partial charge in [-0.25, -0.2) is 0 Å². The smallest absolute Gasteiger partial charge is 0.225 e. The molecule has 0 aliphatic carbocycles. The maximum atomic E-state index is 11.6. The van der Waals surface area contributed by atoms with Crippen LogP contribution in [0.4, 0.5) is 0 Å². The molecule has 0 spiro atoms. The Labute approximate surface area is 80.1 Å². The van der Waals surface area contributed by atoms with Crippen LogP contribution in [0.25, 0.3) is 0 Å². The minimum Gasteiger partial charge on any atom is -0.378 e. The molecular formula is C10H19NO2. The lowest BCUT2D eigenvalue weighted by Crippen LogP contribution is -2.36. The van der Waals surface area contributed by atoms with Crippen molar-refractivity contribution in [3.8, 4) is 0 Å². The van der Waals surface area contributed by atoms with Gasteiger partial charge in [0.25, 0.3) is 0 Å². The van der Waals surface area contributed by atoms with Crippen LogP contribution in [0.15, 0.2) is 0 Å². The summed E-state index contributed by atoms with van der Waals surface area (Å²) >= 11 is 0. The van der Waals surface area contributed by atoms with Crippen molar-refractivity contribution in [2.24, 2.45) is 5.92 Å². The van der Waals surface area contributed by atoms with Gasteiger partial charge in [0.05, 0.1) is 6.10 Å². The Morgan fingerprint density at radius 3 is 2.77 bits per heavy atom. The number of ether oxygens (including phenoxy) is 1. The fraction of sp³-hybridized carbons (Fsp3) is 0.900. The van der Waals surface area contributed by atoms with Gasteiger partial charge in [0, 0.05) is 26.6 Å². The molecule has 1 saturated heterocycles. The van der Waals surface area contributed by atoms with E-state index in [9.17, 15) is 4.79 Å².